The van der Waals surface area contributed by atoms with Crippen LogP contribution < -0.4 is 19.9 Å². The summed E-state index contributed by atoms with van der Waals surface area (Å²) < 4.78 is 38.2. The molecule has 0 saturated heterocycles. The van der Waals surface area contributed by atoms with E-state index in [1.54, 1.807) is 19.2 Å². The van der Waals surface area contributed by atoms with Crippen LogP contribution in [-0.4, -0.2) is 47.7 Å². The van der Waals surface area contributed by atoms with E-state index in [9.17, 15) is 18.0 Å². The van der Waals surface area contributed by atoms with Gasteiger partial charge in [0.25, 0.3) is 5.91 Å². The number of nitrogens with two attached hydrogens (primary N) is 1. The Kier molecular flexibility index (Phi) is 8.04. The molecule has 0 radical (unpaired) electrons. The Morgan fingerprint density at radius 2 is 1.77 bits per heavy atom. The number of amides is 1. The van der Waals surface area contributed by atoms with Gasteiger partial charge in [0.2, 0.25) is 10.0 Å². The Bertz CT molecular complexity index is 1040. The van der Waals surface area contributed by atoms with E-state index in [-0.39, 0.29) is 10.6 Å². The van der Waals surface area contributed by atoms with Gasteiger partial charge in [-0.3, -0.25) is 4.79 Å². The quantitative estimate of drug-likeness (QED) is 0.546. The lowest BCUT2D eigenvalue weighted by Gasteiger charge is -2.10. The summed E-state index contributed by atoms with van der Waals surface area (Å²) in [6, 6.07) is 8.88. The third kappa shape index (κ3) is 6.34. The van der Waals surface area contributed by atoms with Gasteiger partial charge in [-0.2, -0.15) is 0 Å². The van der Waals surface area contributed by atoms with Gasteiger partial charge < -0.3 is 19.5 Å². The molecule has 1 amide bonds. The number of halogens is 1. The van der Waals surface area contributed by atoms with Crippen LogP contribution in [0.15, 0.2) is 41.3 Å². The van der Waals surface area contributed by atoms with Gasteiger partial charge in [0.05, 0.1) is 24.8 Å². The van der Waals surface area contributed by atoms with Crippen molar-refractivity contribution < 1.29 is 32.2 Å². The largest absolute Gasteiger partial charge is 0.493 e. The SMILES string of the molecule is COc1ccc(CCNC(=O)COC(=O)c2ccc(Cl)c(S(N)(=O)=O)c2)cc1OC. The second-order valence-corrected chi connectivity index (χ2v) is 7.99. The van der Waals surface area contributed by atoms with E-state index in [0.717, 1.165) is 11.6 Å². The standard InChI is InChI=1S/C19H21ClN2O7S/c1-27-15-6-3-12(9-16(15)28-2)7-8-22-18(23)11-29-19(24)13-4-5-14(20)17(10-13)30(21,25)26/h3-6,9-10H,7-8,11H2,1-2H3,(H,22,23)(H2,21,25,26). The van der Waals surface area contributed by atoms with E-state index in [1.807, 2.05) is 6.07 Å². The lowest BCUT2D eigenvalue weighted by Crippen LogP contribution is -2.30. The summed E-state index contributed by atoms with van der Waals surface area (Å²) in [5, 5.41) is 7.54. The van der Waals surface area contributed by atoms with Crippen molar-refractivity contribution >= 4 is 33.5 Å². The van der Waals surface area contributed by atoms with Gasteiger partial charge in [-0.15, -0.1) is 0 Å². The zero-order valence-electron chi connectivity index (χ0n) is 16.3. The van der Waals surface area contributed by atoms with Crippen LogP contribution in [0.2, 0.25) is 5.02 Å². The van der Waals surface area contributed by atoms with Crippen LogP contribution in [0.1, 0.15) is 15.9 Å². The van der Waals surface area contributed by atoms with Crippen molar-refractivity contribution in [3.05, 3.63) is 52.5 Å². The molecule has 0 aliphatic carbocycles. The fourth-order valence-corrected chi connectivity index (χ4v) is 3.57. The summed E-state index contributed by atoms with van der Waals surface area (Å²) in [5.74, 6) is -0.210. The topological polar surface area (TPSA) is 134 Å². The van der Waals surface area contributed by atoms with E-state index < -0.39 is 33.4 Å². The second-order valence-electron chi connectivity index (χ2n) is 6.06. The monoisotopic (exact) mass is 456 g/mol. The number of primary sulfonamides is 1. The van der Waals surface area contributed by atoms with Crippen molar-refractivity contribution in [2.24, 2.45) is 5.14 Å². The van der Waals surface area contributed by atoms with Crippen LogP contribution in [0.5, 0.6) is 11.5 Å². The lowest BCUT2D eigenvalue weighted by atomic mass is 10.1. The Morgan fingerprint density at radius 1 is 1.07 bits per heavy atom. The Morgan fingerprint density at radius 3 is 2.40 bits per heavy atom. The van der Waals surface area contributed by atoms with Gasteiger partial charge >= 0.3 is 5.97 Å². The summed E-state index contributed by atoms with van der Waals surface area (Å²) in [6.45, 7) is -0.222. The highest BCUT2D eigenvalue weighted by atomic mass is 35.5. The highest BCUT2D eigenvalue weighted by Gasteiger charge is 2.18. The van der Waals surface area contributed by atoms with Gasteiger partial charge in [0, 0.05) is 6.54 Å². The molecule has 2 aromatic rings. The van der Waals surface area contributed by atoms with Gasteiger partial charge in [-0.1, -0.05) is 17.7 Å². The first-order chi connectivity index (χ1) is 14.2. The number of hydrogen-bond donors (Lipinski definition) is 2. The zero-order valence-corrected chi connectivity index (χ0v) is 17.9. The third-order valence-corrected chi connectivity index (χ3v) is 5.38. The highest BCUT2D eigenvalue weighted by molar-refractivity contribution is 7.89. The number of benzene rings is 2. The molecule has 0 bridgehead atoms. The molecule has 2 rings (SSSR count). The summed E-state index contributed by atoms with van der Waals surface area (Å²) >= 11 is 5.77. The van der Waals surface area contributed by atoms with E-state index in [1.165, 1.54) is 19.2 Å². The molecule has 0 unspecified atom stereocenters. The first-order valence-electron chi connectivity index (χ1n) is 8.62. The number of carbonyl (C=O) groups excluding carboxylic acids is 2. The molecule has 0 aromatic heterocycles. The normalized spacial score (nSPS) is 10.9. The number of hydrogen-bond acceptors (Lipinski definition) is 7. The van der Waals surface area contributed by atoms with Crippen molar-refractivity contribution in [3.63, 3.8) is 0 Å². The minimum Gasteiger partial charge on any atom is -0.493 e. The molecule has 0 aliphatic rings. The number of nitrogens with one attached hydrogen (secondary N) is 1. The van der Waals surface area contributed by atoms with Crippen LogP contribution >= 0.6 is 11.6 Å². The Labute approximate surface area is 179 Å². The molecule has 11 heteroatoms. The van der Waals surface area contributed by atoms with E-state index in [2.05, 4.69) is 5.32 Å². The molecule has 30 heavy (non-hydrogen) atoms. The lowest BCUT2D eigenvalue weighted by molar-refractivity contribution is -0.124. The molecule has 0 atom stereocenters. The maximum Gasteiger partial charge on any atom is 0.338 e. The third-order valence-electron chi connectivity index (χ3n) is 3.99. The Balaban J connectivity index is 1.86. The predicted molar refractivity (Wildman–Crippen MR) is 109 cm³/mol. The number of ether oxygens (including phenoxy) is 3. The molecule has 0 heterocycles. The molecular formula is C19H21ClN2O7S. The van der Waals surface area contributed by atoms with Gasteiger partial charge in [-0.05, 0) is 42.3 Å². The van der Waals surface area contributed by atoms with E-state index >= 15 is 0 Å². The van der Waals surface area contributed by atoms with Crippen LogP contribution in [0.25, 0.3) is 0 Å². The molecule has 0 fully saturated rings. The Hall–Kier alpha value is -2.82. The van der Waals surface area contributed by atoms with Crippen LogP contribution in [-0.2, 0) is 26.0 Å². The summed E-state index contributed by atoms with van der Waals surface area (Å²) in [5.41, 5.74) is 0.822. The molecule has 162 valence electrons. The molecule has 9 nitrogen and oxygen atoms in total. The highest BCUT2D eigenvalue weighted by Crippen LogP contribution is 2.27. The maximum atomic E-state index is 12.1. The number of carbonyl (C=O) groups is 2. The zero-order chi connectivity index (χ0) is 22.3. The smallest absolute Gasteiger partial charge is 0.338 e. The minimum absolute atomic E-state index is 0.0958. The van der Waals surface area contributed by atoms with Crippen LogP contribution in [0.4, 0.5) is 0 Å². The average molecular weight is 457 g/mol. The first kappa shape index (κ1) is 23.5. The van der Waals surface area contributed by atoms with E-state index in [4.69, 9.17) is 31.0 Å². The molecule has 0 saturated carbocycles. The molecular weight excluding hydrogens is 436 g/mol. The number of sulfonamides is 1. The van der Waals surface area contributed by atoms with E-state index in [0.29, 0.717) is 24.5 Å². The first-order valence-corrected chi connectivity index (χ1v) is 10.5. The minimum atomic E-state index is -4.10. The fraction of sp³-hybridized carbons (Fsp3) is 0.263. The number of methoxy groups -OCH3 is 2. The maximum absolute atomic E-state index is 12.1. The predicted octanol–water partition coefficient (Wildman–Crippen LogP) is 1.52. The van der Waals surface area contributed by atoms with Crippen molar-refractivity contribution in [1.82, 2.24) is 5.32 Å². The van der Waals surface area contributed by atoms with Crippen molar-refractivity contribution in [2.45, 2.75) is 11.3 Å². The van der Waals surface area contributed by atoms with Gasteiger partial charge in [-0.25, -0.2) is 18.4 Å². The second kappa shape index (κ2) is 10.3. The molecule has 2 aromatic carbocycles. The van der Waals surface area contributed by atoms with Gasteiger partial charge in [0.1, 0.15) is 4.90 Å². The molecule has 0 aliphatic heterocycles. The average Bonchev–Trinajstić information content (AvgIpc) is 2.71. The van der Waals surface area contributed by atoms with Crippen molar-refractivity contribution in [2.75, 3.05) is 27.4 Å². The van der Waals surface area contributed by atoms with Crippen LogP contribution in [0, 0.1) is 0 Å². The molecule has 3 N–H and O–H groups in total. The van der Waals surface area contributed by atoms with Crippen LogP contribution in [0.3, 0.4) is 0 Å². The fourth-order valence-electron chi connectivity index (χ4n) is 2.50. The summed E-state index contributed by atoms with van der Waals surface area (Å²) in [6.07, 6.45) is 0.523. The number of rotatable bonds is 9. The van der Waals surface area contributed by atoms with Gasteiger partial charge in [0.15, 0.2) is 18.1 Å². The summed E-state index contributed by atoms with van der Waals surface area (Å²) in [4.78, 5) is 23.6. The van der Waals surface area contributed by atoms with Crippen molar-refractivity contribution in [3.8, 4) is 11.5 Å². The summed E-state index contributed by atoms with van der Waals surface area (Å²) in [7, 11) is -1.03. The number of esters is 1. The molecule has 0 spiro atoms. The van der Waals surface area contributed by atoms with Crippen molar-refractivity contribution in [1.29, 1.82) is 0 Å².